The molecular formula is C10H7BrClN3O. The highest BCUT2D eigenvalue weighted by atomic mass is 79.9. The van der Waals surface area contributed by atoms with Gasteiger partial charge in [-0.15, -0.1) is 0 Å². The number of ketones is 1. The molecule has 1 N–H and O–H groups in total. The minimum atomic E-state index is -0.137. The summed E-state index contributed by atoms with van der Waals surface area (Å²) < 4.78 is 0.883. The molecule has 0 fully saturated rings. The minimum Gasteiger partial charge on any atom is -0.290 e. The number of H-pyrrole nitrogens is 1. The van der Waals surface area contributed by atoms with Crippen molar-refractivity contribution in [1.82, 2.24) is 15.2 Å². The highest BCUT2D eigenvalue weighted by Crippen LogP contribution is 2.22. The quantitative estimate of drug-likeness (QED) is 0.887. The SMILES string of the molecule is O=C(Cc1ccc(Br)cc1Cl)c1ncn[nH]1. The minimum absolute atomic E-state index is 0.137. The summed E-state index contributed by atoms with van der Waals surface area (Å²) in [5.74, 6) is 0.112. The van der Waals surface area contributed by atoms with Crippen LogP contribution in [0.25, 0.3) is 0 Å². The van der Waals surface area contributed by atoms with Gasteiger partial charge in [-0.05, 0) is 17.7 Å². The molecule has 0 saturated carbocycles. The lowest BCUT2D eigenvalue weighted by Gasteiger charge is -2.02. The number of nitrogens with zero attached hydrogens (tertiary/aromatic N) is 2. The van der Waals surface area contributed by atoms with Crippen LogP contribution in [0.5, 0.6) is 0 Å². The zero-order valence-electron chi connectivity index (χ0n) is 8.08. The first-order valence-electron chi connectivity index (χ1n) is 4.49. The van der Waals surface area contributed by atoms with E-state index in [1.807, 2.05) is 6.07 Å². The second-order valence-corrected chi connectivity index (χ2v) is 4.49. The molecule has 6 heteroatoms. The Bertz CT molecular complexity index is 513. The Labute approximate surface area is 105 Å². The number of hydrogen-bond donors (Lipinski definition) is 1. The number of Topliss-reactive ketones (excluding diaryl/α,β-unsaturated/α-hetero) is 1. The van der Waals surface area contributed by atoms with Crippen LogP contribution in [0.15, 0.2) is 29.0 Å². The van der Waals surface area contributed by atoms with Crippen molar-refractivity contribution in [3.63, 3.8) is 0 Å². The van der Waals surface area contributed by atoms with E-state index in [9.17, 15) is 4.79 Å². The molecule has 0 unspecified atom stereocenters. The second kappa shape index (κ2) is 4.76. The van der Waals surface area contributed by atoms with Gasteiger partial charge in [0.15, 0.2) is 5.82 Å². The first-order valence-corrected chi connectivity index (χ1v) is 5.66. The molecule has 0 spiro atoms. The van der Waals surface area contributed by atoms with Crippen LogP contribution in [0.1, 0.15) is 16.2 Å². The molecule has 2 rings (SSSR count). The van der Waals surface area contributed by atoms with E-state index < -0.39 is 0 Å². The van der Waals surface area contributed by atoms with Gasteiger partial charge in [0.2, 0.25) is 5.78 Å². The molecule has 82 valence electrons. The third kappa shape index (κ3) is 2.48. The van der Waals surface area contributed by atoms with Crippen LogP contribution in [0.2, 0.25) is 5.02 Å². The molecule has 4 nitrogen and oxygen atoms in total. The van der Waals surface area contributed by atoms with Gasteiger partial charge >= 0.3 is 0 Å². The van der Waals surface area contributed by atoms with Crippen LogP contribution in [-0.4, -0.2) is 21.0 Å². The van der Waals surface area contributed by atoms with Crippen LogP contribution in [0.4, 0.5) is 0 Å². The van der Waals surface area contributed by atoms with Gasteiger partial charge in [-0.3, -0.25) is 9.89 Å². The third-order valence-corrected chi connectivity index (χ3v) is 2.89. The van der Waals surface area contributed by atoms with Gasteiger partial charge in [0.25, 0.3) is 0 Å². The molecule has 0 aliphatic carbocycles. The lowest BCUT2D eigenvalue weighted by molar-refractivity contribution is 0.0983. The van der Waals surface area contributed by atoms with Gasteiger partial charge in [0.05, 0.1) is 0 Å². The number of carbonyl (C=O) groups excluding carboxylic acids is 1. The first-order chi connectivity index (χ1) is 7.66. The van der Waals surface area contributed by atoms with Crippen LogP contribution < -0.4 is 0 Å². The molecule has 1 aromatic heterocycles. The standard InChI is InChI=1S/C10H7BrClN3O/c11-7-2-1-6(8(12)4-7)3-9(16)10-13-5-14-15-10/h1-2,4-5H,3H2,(H,13,14,15). The zero-order valence-corrected chi connectivity index (χ0v) is 10.4. The van der Waals surface area contributed by atoms with E-state index >= 15 is 0 Å². The average molecular weight is 301 g/mol. The number of halogens is 2. The maximum atomic E-state index is 11.7. The summed E-state index contributed by atoms with van der Waals surface area (Å²) in [5.41, 5.74) is 0.770. The predicted octanol–water partition coefficient (Wildman–Crippen LogP) is 2.65. The van der Waals surface area contributed by atoms with Crippen molar-refractivity contribution in [2.24, 2.45) is 0 Å². The van der Waals surface area contributed by atoms with Crippen molar-refractivity contribution in [1.29, 1.82) is 0 Å². The Morgan fingerprint density at radius 2 is 2.31 bits per heavy atom. The van der Waals surface area contributed by atoms with Gasteiger partial charge in [0.1, 0.15) is 6.33 Å². The van der Waals surface area contributed by atoms with E-state index in [1.165, 1.54) is 6.33 Å². The summed E-state index contributed by atoms with van der Waals surface area (Å²) in [7, 11) is 0. The maximum absolute atomic E-state index is 11.7. The number of rotatable bonds is 3. The highest BCUT2D eigenvalue weighted by Gasteiger charge is 2.12. The van der Waals surface area contributed by atoms with Crippen molar-refractivity contribution < 1.29 is 4.79 Å². The van der Waals surface area contributed by atoms with E-state index in [-0.39, 0.29) is 18.0 Å². The third-order valence-electron chi connectivity index (χ3n) is 2.05. The number of aromatic nitrogens is 3. The summed E-state index contributed by atoms with van der Waals surface area (Å²) >= 11 is 9.31. The number of aromatic amines is 1. The Balaban J connectivity index is 2.18. The van der Waals surface area contributed by atoms with Crippen molar-refractivity contribution in [3.8, 4) is 0 Å². The molecule has 0 aliphatic heterocycles. The van der Waals surface area contributed by atoms with Crippen molar-refractivity contribution in [2.75, 3.05) is 0 Å². The number of carbonyl (C=O) groups is 1. The Morgan fingerprint density at radius 3 is 2.94 bits per heavy atom. The molecule has 1 heterocycles. The summed E-state index contributed by atoms with van der Waals surface area (Å²) in [5, 5.41) is 6.71. The fraction of sp³-hybridized carbons (Fsp3) is 0.100. The maximum Gasteiger partial charge on any atom is 0.203 e. The highest BCUT2D eigenvalue weighted by molar-refractivity contribution is 9.10. The van der Waals surface area contributed by atoms with Gasteiger partial charge in [-0.2, -0.15) is 5.10 Å². The molecule has 2 aromatic rings. The summed E-state index contributed by atoms with van der Waals surface area (Å²) in [4.78, 5) is 15.5. The molecule has 0 saturated heterocycles. The topological polar surface area (TPSA) is 58.6 Å². The molecule has 0 aliphatic rings. The second-order valence-electron chi connectivity index (χ2n) is 3.17. The summed E-state index contributed by atoms with van der Waals surface area (Å²) in [6, 6.07) is 5.40. The molecule has 0 amide bonds. The lowest BCUT2D eigenvalue weighted by Crippen LogP contribution is -2.06. The average Bonchev–Trinajstić information content (AvgIpc) is 2.75. The van der Waals surface area contributed by atoms with Gasteiger partial charge in [-0.25, -0.2) is 4.98 Å². The fourth-order valence-electron chi connectivity index (χ4n) is 1.26. The van der Waals surface area contributed by atoms with Crippen LogP contribution >= 0.6 is 27.5 Å². The Kier molecular flexibility index (Phi) is 3.36. The van der Waals surface area contributed by atoms with Crippen LogP contribution in [0.3, 0.4) is 0 Å². The van der Waals surface area contributed by atoms with E-state index in [0.29, 0.717) is 5.02 Å². The van der Waals surface area contributed by atoms with Crippen molar-refractivity contribution in [3.05, 3.63) is 45.4 Å². The number of nitrogens with one attached hydrogen (secondary N) is 1. The number of hydrogen-bond acceptors (Lipinski definition) is 3. The molecule has 0 atom stereocenters. The monoisotopic (exact) mass is 299 g/mol. The molecular weight excluding hydrogens is 293 g/mol. The summed E-state index contributed by atoms with van der Waals surface area (Å²) in [6.45, 7) is 0. The summed E-state index contributed by atoms with van der Waals surface area (Å²) in [6.07, 6.45) is 1.51. The molecule has 1 aromatic carbocycles. The smallest absolute Gasteiger partial charge is 0.203 e. The van der Waals surface area contributed by atoms with E-state index in [4.69, 9.17) is 11.6 Å². The van der Waals surface area contributed by atoms with Gasteiger partial charge in [-0.1, -0.05) is 33.6 Å². The van der Waals surface area contributed by atoms with Crippen molar-refractivity contribution in [2.45, 2.75) is 6.42 Å². The molecule has 0 bridgehead atoms. The largest absolute Gasteiger partial charge is 0.290 e. The molecule has 16 heavy (non-hydrogen) atoms. The fourth-order valence-corrected chi connectivity index (χ4v) is 2.00. The van der Waals surface area contributed by atoms with Crippen LogP contribution in [0, 0.1) is 0 Å². The van der Waals surface area contributed by atoms with E-state index in [1.54, 1.807) is 12.1 Å². The van der Waals surface area contributed by atoms with Crippen LogP contribution in [-0.2, 0) is 6.42 Å². The van der Waals surface area contributed by atoms with Crippen molar-refractivity contribution >= 4 is 33.3 Å². The van der Waals surface area contributed by atoms with E-state index in [2.05, 4.69) is 31.1 Å². The normalized spacial score (nSPS) is 10.4. The Hall–Kier alpha value is -1.20. The molecule has 0 radical (unpaired) electrons. The zero-order chi connectivity index (χ0) is 11.5. The van der Waals surface area contributed by atoms with Gasteiger partial charge in [0, 0.05) is 15.9 Å². The first kappa shape index (κ1) is 11.3. The predicted molar refractivity (Wildman–Crippen MR) is 63.6 cm³/mol. The number of benzene rings is 1. The van der Waals surface area contributed by atoms with Gasteiger partial charge < -0.3 is 0 Å². The Morgan fingerprint density at radius 1 is 1.50 bits per heavy atom. The lowest BCUT2D eigenvalue weighted by atomic mass is 10.1. The van der Waals surface area contributed by atoms with E-state index in [0.717, 1.165) is 10.0 Å².